The molecular weight excluding hydrogens is 296 g/mol. The summed E-state index contributed by atoms with van der Waals surface area (Å²) in [5.41, 5.74) is 2.06. The molecule has 0 bridgehead atoms. The van der Waals surface area contributed by atoms with Gasteiger partial charge in [0.25, 0.3) is 5.91 Å². The Morgan fingerprint density at radius 3 is 2.64 bits per heavy atom. The molecular formula is C17H16N2O2S. The fraction of sp³-hybridized carbons (Fsp3) is 0.294. The lowest BCUT2D eigenvalue weighted by atomic mass is 9.88. The van der Waals surface area contributed by atoms with Gasteiger partial charge in [0.2, 0.25) is 5.91 Å². The minimum absolute atomic E-state index is 0.0685. The highest BCUT2D eigenvalue weighted by Crippen LogP contribution is 2.33. The quantitative estimate of drug-likeness (QED) is 0.926. The van der Waals surface area contributed by atoms with Gasteiger partial charge in [-0.15, -0.1) is 11.3 Å². The van der Waals surface area contributed by atoms with Gasteiger partial charge in [0.15, 0.2) is 0 Å². The van der Waals surface area contributed by atoms with Gasteiger partial charge in [0.05, 0.1) is 10.4 Å². The number of hydrogen-bond donors (Lipinski definition) is 1. The molecule has 112 valence electrons. The smallest absolute Gasteiger partial charge is 0.264 e. The first-order valence-corrected chi connectivity index (χ1v) is 8.27. The molecule has 1 aromatic carbocycles. The van der Waals surface area contributed by atoms with Crippen LogP contribution in [-0.2, 0) is 4.79 Å². The molecule has 5 heteroatoms. The summed E-state index contributed by atoms with van der Waals surface area (Å²) in [4.78, 5) is 26.5. The zero-order chi connectivity index (χ0) is 15.2. The van der Waals surface area contributed by atoms with Gasteiger partial charge in [0.1, 0.15) is 0 Å². The summed E-state index contributed by atoms with van der Waals surface area (Å²) in [6.45, 7) is 1.27. The lowest BCUT2D eigenvalue weighted by Gasteiger charge is -2.47. The standard InChI is InChI=1S/C17H16N2O2S/c20-15-6-7-17(18-15)10-19(11-17)16(21)14-8-13(9-22-14)12-4-2-1-3-5-12/h1-5,8-9H,6-7,10-11H2,(H,18,20). The second-order valence-electron chi connectivity index (χ2n) is 6.06. The number of carbonyl (C=O) groups excluding carboxylic acids is 2. The van der Waals surface area contributed by atoms with E-state index in [0.717, 1.165) is 22.4 Å². The molecule has 2 aliphatic heterocycles. The van der Waals surface area contributed by atoms with Crippen LogP contribution >= 0.6 is 11.3 Å². The van der Waals surface area contributed by atoms with Gasteiger partial charge >= 0.3 is 0 Å². The van der Waals surface area contributed by atoms with Crippen LogP contribution in [0.4, 0.5) is 0 Å². The predicted octanol–water partition coefficient (Wildman–Crippen LogP) is 2.52. The minimum Gasteiger partial charge on any atom is -0.347 e. The SMILES string of the molecule is O=C1CCC2(CN(C(=O)c3cc(-c4ccccc4)cs3)C2)N1. The third-order valence-corrected chi connectivity index (χ3v) is 5.35. The van der Waals surface area contributed by atoms with Gasteiger partial charge < -0.3 is 10.2 Å². The van der Waals surface area contributed by atoms with Crippen LogP contribution in [0.25, 0.3) is 11.1 Å². The molecule has 2 fully saturated rings. The molecule has 1 spiro atoms. The number of nitrogens with one attached hydrogen (secondary N) is 1. The third-order valence-electron chi connectivity index (χ3n) is 4.43. The zero-order valence-electron chi connectivity index (χ0n) is 12.0. The first-order chi connectivity index (χ1) is 10.7. The average molecular weight is 312 g/mol. The fourth-order valence-electron chi connectivity index (χ4n) is 3.22. The summed E-state index contributed by atoms with van der Waals surface area (Å²) in [6.07, 6.45) is 1.43. The van der Waals surface area contributed by atoms with E-state index in [2.05, 4.69) is 5.32 Å². The topological polar surface area (TPSA) is 49.4 Å². The van der Waals surface area contributed by atoms with Gasteiger partial charge in [-0.3, -0.25) is 9.59 Å². The van der Waals surface area contributed by atoms with E-state index in [0.29, 0.717) is 19.5 Å². The summed E-state index contributed by atoms with van der Waals surface area (Å²) in [7, 11) is 0. The molecule has 0 radical (unpaired) electrons. The number of rotatable bonds is 2. The molecule has 1 aromatic heterocycles. The molecule has 2 aliphatic rings. The number of nitrogens with zero attached hydrogens (tertiary/aromatic N) is 1. The van der Waals surface area contributed by atoms with E-state index >= 15 is 0 Å². The summed E-state index contributed by atoms with van der Waals surface area (Å²) >= 11 is 1.48. The summed E-state index contributed by atoms with van der Waals surface area (Å²) in [5, 5.41) is 5.03. The van der Waals surface area contributed by atoms with Crippen LogP contribution < -0.4 is 5.32 Å². The number of hydrogen-bond acceptors (Lipinski definition) is 3. The second kappa shape index (κ2) is 4.95. The monoisotopic (exact) mass is 312 g/mol. The van der Waals surface area contributed by atoms with E-state index in [4.69, 9.17) is 0 Å². The van der Waals surface area contributed by atoms with Gasteiger partial charge in [-0.25, -0.2) is 0 Å². The minimum atomic E-state index is -0.147. The van der Waals surface area contributed by atoms with Crippen LogP contribution in [0.1, 0.15) is 22.5 Å². The van der Waals surface area contributed by atoms with Crippen LogP contribution in [-0.4, -0.2) is 35.3 Å². The van der Waals surface area contributed by atoms with E-state index in [9.17, 15) is 9.59 Å². The largest absolute Gasteiger partial charge is 0.347 e. The Hall–Kier alpha value is -2.14. The molecule has 2 saturated heterocycles. The first-order valence-electron chi connectivity index (χ1n) is 7.40. The van der Waals surface area contributed by atoms with Gasteiger partial charge in [0, 0.05) is 19.5 Å². The molecule has 1 N–H and O–H groups in total. The summed E-state index contributed by atoms with van der Waals surface area (Å²) in [6, 6.07) is 12.0. The Kier molecular flexibility index (Phi) is 3.04. The normalized spacial score (nSPS) is 19.1. The number of benzene rings is 1. The average Bonchev–Trinajstić information content (AvgIpc) is 3.13. The number of carbonyl (C=O) groups is 2. The van der Waals surface area contributed by atoms with Crippen molar-refractivity contribution in [1.82, 2.24) is 10.2 Å². The Balaban J connectivity index is 1.46. The Labute approximate surface area is 132 Å². The van der Waals surface area contributed by atoms with Crippen molar-refractivity contribution in [3.8, 4) is 11.1 Å². The molecule has 2 amide bonds. The zero-order valence-corrected chi connectivity index (χ0v) is 12.9. The van der Waals surface area contributed by atoms with Gasteiger partial charge in [-0.1, -0.05) is 30.3 Å². The molecule has 22 heavy (non-hydrogen) atoms. The first kappa shape index (κ1) is 13.5. The molecule has 2 aromatic rings. The van der Waals surface area contributed by atoms with E-state index in [1.54, 1.807) is 0 Å². The van der Waals surface area contributed by atoms with Crippen molar-refractivity contribution < 1.29 is 9.59 Å². The molecule has 0 saturated carbocycles. The lowest BCUT2D eigenvalue weighted by molar-refractivity contribution is -0.120. The maximum absolute atomic E-state index is 12.5. The highest BCUT2D eigenvalue weighted by atomic mass is 32.1. The van der Waals surface area contributed by atoms with Gasteiger partial charge in [-0.05, 0) is 29.0 Å². The highest BCUT2D eigenvalue weighted by molar-refractivity contribution is 7.12. The van der Waals surface area contributed by atoms with Crippen molar-refractivity contribution in [3.05, 3.63) is 46.7 Å². The van der Waals surface area contributed by atoms with Crippen molar-refractivity contribution in [3.63, 3.8) is 0 Å². The third kappa shape index (κ3) is 2.22. The Morgan fingerprint density at radius 2 is 1.95 bits per heavy atom. The highest BCUT2D eigenvalue weighted by Gasteiger charge is 2.49. The van der Waals surface area contributed by atoms with Crippen molar-refractivity contribution >= 4 is 23.2 Å². The molecule has 4 nitrogen and oxygen atoms in total. The Morgan fingerprint density at radius 1 is 1.18 bits per heavy atom. The molecule has 4 rings (SSSR count). The van der Waals surface area contributed by atoms with Crippen LogP contribution in [0, 0.1) is 0 Å². The van der Waals surface area contributed by atoms with Crippen LogP contribution in [0.2, 0.25) is 0 Å². The molecule has 0 unspecified atom stereocenters. The van der Waals surface area contributed by atoms with Crippen molar-refractivity contribution in [1.29, 1.82) is 0 Å². The van der Waals surface area contributed by atoms with E-state index in [1.807, 2.05) is 46.7 Å². The van der Waals surface area contributed by atoms with E-state index in [-0.39, 0.29) is 17.4 Å². The lowest BCUT2D eigenvalue weighted by Crippen LogP contribution is -2.68. The van der Waals surface area contributed by atoms with Crippen molar-refractivity contribution in [2.75, 3.05) is 13.1 Å². The summed E-state index contributed by atoms with van der Waals surface area (Å²) in [5.74, 6) is 0.175. The van der Waals surface area contributed by atoms with Crippen molar-refractivity contribution in [2.45, 2.75) is 18.4 Å². The second-order valence-corrected chi connectivity index (χ2v) is 6.97. The summed E-state index contributed by atoms with van der Waals surface area (Å²) < 4.78 is 0. The van der Waals surface area contributed by atoms with E-state index in [1.165, 1.54) is 11.3 Å². The Bertz CT molecular complexity index is 732. The predicted molar refractivity (Wildman–Crippen MR) is 85.8 cm³/mol. The number of amides is 2. The fourth-order valence-corrected chi connectivity index (χ4v) is 4.11. The maximum Gasteiger partial charge on any atom is 0.264 e. The van der Waals surface area contributed by atoms with Gasteiger partial charge in [-0.2, -0.15) is 0 Å². The van der Waals surface area contributed by atoms with Crippen LogP contribution in [0.3, 0.4) is 0 Å². The van der Waals surface area contributed by atoms with Crippen LogP contribution in [0.15, 0.2) is 41.8 Å². The van der Waals surface area contributed by atoms with Crippen molar-refractivity contribution in [2.24, 2.45) is 0 Å². The number of likely N-dealkylation sites (tertiary alicyclic amines) is 1. The molecule has 0 aliphatic carbocycles. The number of thiophene rings is 1. The molecule has 3 heterocycles. The van der Waals surface area contributed by atoms with Crippen LogP contribution in [0.5, 0.6) is 0 Å². The van der Waals surface area contributed by atoms with E-state index < -0.39 is 0 Å². The maximum atomic E-state index is 12.5. The molecule has 0 atom stereocenters.